The number of carbonyl (C=O) groups is 3. The van der Waals surface area contributed by atoms with Crippen molar-refractivity contribution in [1.82, 2.24) is 0 Å². The van der Waals surface area contributed by atoms with Gasteiger partial charge in [0.15, 0.2) is 0 Å². The molecule has 0 aliphatic carbocycles. The topological polar surface area (TPSA) is 155 Å². The molecule has 0 aliphatic rings. The van der Waals surface area contributed by atoms with E-state index in [2.05, 4.69) is 4.74 Å². The van der Waals surface area contributed by atoms with Crippen molar-refractivity contribution in [3.63, 3.8) is 0 Å². The van der Waals surface area contributed by atoms with Gasteiger partial charge in [0.05, 0.1) is 0 Å². The average Bonchev–Trinajstić information content (AvgIpc) is 1.74. The molecule has 0 aromatic heterocycles. The van der Waals surface area contributed by atoms with Gasteiger partial charge in [0.1, 0.15) is 0 Å². The van der Waals surface area contributed by atoms with Crippen LogP contribution < -0.4 is 55.6 Å². The maximum absolute atomic E-state index is 9.81. The summed E-state index contributed by atoms with van der Waals surface area (Å²) in [5.74, 6) is -1.96. The Morgan fingerprint density at radius 2 is 1.12 bits per heavy atom. The number of esters is 2. The summed E-state index contributed by atoms with van der Waals surface area (Å²) in [5.41, 5.74) is 0. The van der Waals surface area contributed by atoms with E-state index in [-0.39, 0.29) is 51.4 Å². The van der Waals surface area contributed by atoms with Gasteiger partial charge in [-0.3, -0.25) is 14.4 Å². The first-order valence-corrected chi connectivity index (χ1v) is 5.29. The number of aliphatic carboxylic acids is 1. The molecule has 0 bridgehead atoms. The first-order chi connectivity index (χ1) is 6.86. The monoisotopic (exact) mass is 320 g/mol. The zero-order valence-corrected chi connectivity index (χ0v) is 13.9. The predicted molar refractivity (Wildman–Crippen MR) is 37.8 cm³/mol. The van der Waals surface area contributed by atoms with Crippen molar-refractivity contribution in [1.29, 1.82) is 0 Å². The van der Waals surface area contributed by atoms with Crippen LogP contribution in [0.1, 0.15) is 20.8 Å². The molecule has 11 heteroatoms. The number of rotatable bonds is 0. The number of carbonyl (C=O) groups excluding carboxylic acids is 2. The van der Waals surface area contributed by atoms with Gasteiger partial charge in [0.2, 0.25) is 0 Å². The third kappa shape index (κ3) is 189. The van der Waals surface area contributed by atoms with Crippen molar-refractivity contribution < 1.29 is 104 Å². The van der Waals surface area contributed by atoms with Crippen LogP contribution >= 0.6 is 0 Å². The number of ether oxygens (including phenoxy) is 1. The van der Waals surface area contributed by atoms with Gasteiger partial charge in [-0.25, -0.2) is 0 Å². The molecule has 0 rings (SSSR count). The van der Waals surface area contributed by atoms with E-state index in [9.17, 15) is 9.59 Å². The van der Waals surface area contributed by atoms with E-state index >= 15 is 0 Å². The van der Waals surface area contributed by atoms with E-state index in [0.29, 0.717) is 0 Å². The van der Waals surface area contributed by atoms with E-state index < -0.39 is 30.9 Å². The molecule has 17 heavy (non-hydrogen) atoms. The molecular weight excluding hydrogens is 310 g/mol. The Hall–Kier alpha value is 0.126. The zero-order chi connectivity index (χ0) is 13.9. The van der Waals surface area contributed by atoms with Crippen LogP contribution in [0.25, 0.3) is 0 Å². The molecular formula is C6H10KMnO9. The maximum atomic E-state index is 9.81. The Bertz CT molecular complexity index is 360. The summed E-state index contributed by atoms with van der Waals surface area (Å²) in [6, 6.07) is 0. The molecule has 0 aliphatic heterocycles. The fraction of sp³-hybridized carbons (Fsp3) is 0.500. The fourth-order valence-electron chi connectivity index (χ4n) is 0.202. The quantitative estimate of drug-likeness (QED) is 0.265. The van der Waals surface area contributed by atoms with Crippen molar-refractivity contribution in [2.24, 2.45) is 0 Å². The molecule has 0 saturated heterocycles. The molecule has 0 unspecified atom stereocenters. The third-order valence-corrected chi connectivity index (χ3v) is 0.287. The first kappa shape index (κ1) is 25.8. The van der Waals surface area contributed by atoms with Crippen LogP contribution in [0.3, 0.4) is 0 Å². The molecule has 0 heterocycles. The second-order valence-corrected chi connectivity index (χ2v) is 3.16. The normalized spacial score (nSPS) is 8.00. The van der Waals surface area contributed by atoms with E-state index in [1.807, 2.05) is 0 Å². The van der Waals surface area contributed by atoms with Crippen LogP contribution in [0.5, 0.6) is 0 Å². The second-order valence-electron chi connectivity index (χ2n) is 1.98. The van der Waals surface area contributed by atoms with E-state index in [1.165, 1.54) is 13.8 Å². The van der Waals surface area contributed by atoms with Crippen molar-refractivity contribution in [2.45, 2.75) is 20.8 Å². The fourth-order valence-corrected chi connectivity index (χ4v) is 0.202. The SMILES string of the molecule is CC(=O)O.CC(=O)OC(C)=O.[K+].[O]=[Mn](=[O])(=[O])[O-]. The van der Waals surface area contributed by atoms with Crippen LogP contribution in [-0.4, -0.2) is 23.0 Å². The minimum atomic E-state index is -5.62. The van der Waals surface area contributed by atoms with Gasteiger partial charge in [0, 0.05) is 20.8 Å². The summed E-state index contributed by atoms with van der Waals surface area (Å²) in [5, 5.41) is 7.42. The van der Waals surface area contributed by atoms with Crippen molar-refractivity contribution in [3.8, 4) is 0 Å². The third-order valence-electron chi connectivity index (χ3n) is 0.287. The van der Waals surface area contributed by atoms with Crippen LogP contribution in [0.15, 0.2) is 0 Å². The van der Waals surface area contributed by atoms with Gasteiger partial charge in [-0.2, -0.15) is 0 Å². The van der Waals surface area contributed by atoms with E-state index in [0.717, 1.165) is 6.92 Å². The zero-order valence-electron chi connectivity index (χ0n) is 9.59. The van der Waals surface area contributed by atoms with Gasteiger partial charge in [-0.05, 0) is 0 Å². The second kappa shape index (κ2) is 14.2. The van der Waals surface area contributed by atoms with Crippen molar-refractivity contribution in [2.75, 3.05) is 0 Å². The number of carboxylic acid groups (broad SMARTS) is 1. The Labute approximate surface area is 141 Å². The molecule has 9 nitrogen and oxygen atoms in total. The molecule has 0 atom stereocenters. The Morgan fingerprint density at radius 3 is 1.12 bits per heavy atom. The first-order valence-electron chi connectivity index (χ1n) is 3.36. The molecule has 1 N–H and O–H groups in total. The Balaban J connectivity index is -0.0000000757. The summed E-state index contributed by atoms with van der Waals surface area (Å²) < 4.78 is 38.3. The molecule has 0 spiro atoms. The van der Waals surface area contributed by atoms with Crippen molar-refractivity contribution >= 4 is 17.9 Å². The average molecular weight is 320 g/mol. The minimum absolute atomic E-state index is 0. The summed E-state index contributed by atoms with van der Waals surface area (Å²) in [7, 11) is 0. The van der Waals surface area contributed by atoms with Crippen LogP contribution in [0.4, 0.5) is 0 Å². The summed E-state index contributed by atoms with van der Waals surface area (Å²) in [6.45, 7) is 3.45. The molecule has 0 fully saturated rings. The van der Waals surface area contributed by atoms with Crippen molar-refractivity contribution in [3.05, 3.63) is 0 Å². The molecule has 0 saturated carbocycles. The summed E-state index contributed by atoms with van der Waals surface area (Å²) in [6.07, 6.45) is 0. The summed E-state index contributed by atoms with van der Waals surface area (Å²) in [4.78, 5) is 28.6. The molecule has 0 aromatic carbocycles. The number of hydrogen-bond donors (Lipinski definition) is 1. The molecule has 0 radical (unpaired) electrons. The van der Waals surface area contributed by atoms with Gasteiger partial charge in [-0.1, -0.05) is 0 Å². The molecule has 0 aromatic rings. The molecule has 0 amide bonds. The van der Waals surface area contributed by atoms with Gasteiger partial charge in [0.25, 0.3) is 5.97 Å². The van der Waals surface area contributed by atoms with Crippen LogP contribution in [0, 0.1) is 0 Å². The standard InChI is InChI=1S/C4H6O3.C2H4O2.K.Mn.4O/c1-3(5)7-4(2)6;1-2(3)4;;;;;;/h1-2H3;1H3,(H,3,4);;;;;;/q;;+1;;;;;-1. The van der Waals surface area contributed by atoms with E-state index in [4.69, 9.17) is 25.6 Å². The van der Waals surface area contributed by atoms with Gasteiger partial charge < -0.3 is 9.84 Å². The van der Waals surface area contributed by atoms with Gasteiger partial charge in [-0.15, -0.1) is 0 Å². The van der Waals surface area contributed by atoms with E-state index in [1.54, 1.807) is 0 Å². The molecule has 96 valence electrons. The number of hydrogen-bond acceptors (Lipinski definition) is 8. The Kier molecular flexibility index (Phi) is 21.6. The Morgan fingerprint density at radius 1 is 1.00 bits per heavy atom. The van der Waals surface area contributed by atoms with Crippen LogP contribution in [0.2, 0.25) is 0 Å². The van der Waals surface area contributed by atoms with Gasteiger partial charge >= 0.3 is 92.0 Å². The predicted octanol–water partition coefficient (Wildman–Crippen LogP) is -4.36. The summed E-state index contributed by atoms with van der Waals surface area (Å²) >= 11 is -5.62. The van der Waals surface area contributed by atoms with Crippen LogP contribution in [-0.2, 0) is 43.6 Å². The number of carboxylic acids is 1.